The molecule has 7 nitrogen and oxygen atoms in total. The number of hydrogen-bond acceptors (Lipinski definition) is 6. The van der Waals surface area contributed by atoms with E-state index in [2.05, 4.69) is 9.84 Å². The molecule has 0 bridgehead atoms. The number of rotatable bonds is 2. The summed E-state index contributed by atoms with van der Waals surface area (Å²) in [6.45, 7) is 7.06. The Kier molecular flexibility index (Phi) is 4.07. The van der Waals surface area contributed by atoms with Crippen LogP contribution in [0.25, 0.3) is 11.5 Å². The van der Waals surface area contributed by atoms with Gasteiger partial charge in [0.15, 0.2) is 5.76 Å². The number of nitrogens with zero attached hydrogens (tertiary/aromatic N) is 2. The number of carbonyl (C=O) groups is 2. The molecule has 0 N–H and O–H groups in total. The van der Waals surface area contributed by atoms with Crippen molar-refractivity contribution in [3.05, 3.63) is 29.7 Å². The van der Waals surface area contributed by atoms with Crippen LogP contribution in [0.3, 0.4) is 0 Å². The van der Waals surface area contributed by atoms with Gasteiger partial charge < -0.3 is 13.9 Å². The zero-order valence-electron chi connectivity index (χ0n) is 13.2. The van der Waals surface area contributed by atoms with Gasteiger partial charge in [0.2, 0.25) is 5.76 Å². The molecule has 2 aromatic rings. The summed E-state index contributed by atoms with van der Waals surface area (Å²) >= 11 is 0. The van der Waals surface area contributed by atoms with Gasteiger partial charge in [0.05, 0.1) is 7.11 Å². The fourth-order valence-electron chi connectivity index (χ4n) is 1.77. The Balaban J connectivity index is 2.28. The molecule has 0 saturated heterocycles. The first kappa shape index (κ1) is 15.8. The average molecular weight is 306 g/mol. The summed E-state index contributed by atoms with van der Waals surface area (Å²) in [6, 6.07) is 4.75. The van der Waals surface area contributed by atoms with Crippen molar-refractivity contribution in [1.29, 1.82) is 0 Å². The molecule has 0 unspecified atom stereocenters. The van der Waals surface area contributed by atoms with E-state index in [-0.39, 0.29) is 5.76 Å². The highest BCUT2D eigenvalue weighted by atomic mass is 16.6. The topological polar surface area (TPSA) is 83.6 Å². The lowest BCUT2D eigenvalue weighted by molar-refractivity contribution is 0.0509. The van der Waals surface area contributed by atoms with E-state index in [1.165, 1.54) is 13.2 Å². The number of methoxy groups -OCH3 is 1. The molecule has 118 valence electrons. The van der Waals surface area contributed by atoms with E-state index >= 15 is 0 Å². The minimum atomic E-state index is -0.613. The number of aryl methyl sites for hydroxylation is 1. The molecule has 0 radical (unpaired) electrons. The molecule has 0 aliphatic carbocycles. The van der Waals surface area contributed by atoms with Gasteiger partial charge in [-0.05, 0) is 45.9 Å². The van der Waals surface area contributed by atoms with Crippen molar-refractivity contribution in [1.82, 2.24) is 9.78 Å². The molecule has 0 amide bonds. The van der Waals surface area contributed by atoms with E-state index in [1.54, 1.807) is 39.8 Å². The Morgan fingerprint density at radius 2 is 1.95 bits per heavy atom. The van der Waals surface area contributed by atoms with Gasteiger partial charge in [0.25, 0.3) is 0 Å². The van der Waals surface area contributed by atoms with Crippen molar-refractivity contribution < 1.29 is 23.5 Å². The maximum atomic E-state index is 12.1. The fourth-order valence-corrected chi connectivity index (χ4v) is 1.77. The average Bonchev–Trinajstić information content (AvgIpc) is 3.02. The Morgan fingerprint density at radius 1 is 1.27 bits per heavy atom. The summed E-state index contributed by atoms with van der Waals surface area (Å²) in [6.07, 6.45) is -0.573. The van der Waals surface area contributed by atoms with Crippen LogP contribution in [0, 0.1) is 6.92 Å². The van der Waals surface area contributed by atoms with Gasteiger partial charge in [-0.2, -0.15) is 9.78 Å². The molecule has 0 saturated carbocycles. The lowest BCUT2D eigenvalue weighted by Crippen LogP contribution is -2.28. The summed E-state index contributed by atoms with van der Waals surface area (Å²) in [5.74, 6) is -0.137. The van der Waals surface area contributed by atoms with E-state index in [0.29, 0.717) is 17.1 Å². The number of hydrogen-bond donors (Lipinski definition) is 0. The van der Waals surface area contributed by atoms with Gasteiger partial charge in [-0.1, -0.05) is 0 Å². The van der Waals surface area contributed by atoms with Crippen molar-refractivity contribution >= 4 is 12.1 Å². The summed E-state index contributed by atoms with van der Waals surface area (Å²) in [5.41, 5.74) is 0.414. The van der Waals surface area contributed by atoms with Gasteiger partial charge in [-0.15, -0.1) is 0 Å². The lowest BCUT2D eigenvalue weighted by atomic mass is 10.2. The zero-order chi connectivity index (χ0) is 16.5. The van der Waals surface area contributed by atoms with E-state index in [4.69, 9.17) is 9.15 Å². The highest BCUT2D eigenvalue weighted by Gasteiger charge is 2.22. The number of carbonyl (C=O) groups excluding carboxylic acids is 2. The van der Waals surface area contributed by atoms with E-state index in [1.807, 2.05) is 0 Å². The molecular formula is C15H18N2O5. The van der Waals surface area contributed by atoms with Crippen LogP contribution in [0.1, 0.15) is 37.0 Å². The molecular weight excluding hydrogens is 288 g/mol. The molecule has 0 fully saturated rings. The fraction of sp³-hybridized carbons (Fsp3) is 0.400. The molecule has 0 aliphatic rings. The Hall–Kier alpha value is -2.57. The SMILES string of the molecule is COC(=O)c1ccc(-c2cc(C)n(C(=O)OC(C)(C)C)n2)o1. The second-order valence-corrected chi connectivity index (χ2v) is 5.72. The van der Waals surface area contributed by atoms with Gasteiger partial charge in [0, 0.05) is 5.69 Å². The molecule has 0 aliphatic heterocycles. The third-order valence-electron chi connectivity index (χ3n) is 2.70. The highest BCUT2D eigenvalue weighted by Crippen LogP contribution is 2.23. The molecule has 2 aromatic heterocycles. The second kappa shape index (κ2) is 5.67. The summed E-state index contributed by atoms with van der Waals surface area (Å²) in [7, 11) is 1.27. The predicted molar refractivity (Wildman–Crippen MR) is 77.6 cm³/mol. The number of furan rings is 1. The quantitative estimate of drug-likeness (QED) is 0.793. The first-order valence-electron chi connectivity index (χ1n) is 6.70. The molecule has 7 heteroatoms. The smallest absolute Gasteiger partial charge is 0.435 e. The molecule has 2 rings (SSSR count). The zero-order valence-corrected chi connectivity index (χ0v) is 13.2. The van der Waals surface area contributed by atoms with Crippen LogP contribution in [-0.2, 0) is 9.47 Å². The van der Waals surface area contributed by atoms with Gasteiger partial charge in [-0.3, -0.25) is 0 Å². The van der Waals surface area contributed by atoms with Crippen LogP contribution in [0.5, 0.6) is 0 Å². The van der Waals surface area contributed by atoms with Gasteiger partial charge in [0.1, 0.15) is 11.3 Å². The third-order valence-corrected chi connectivity index (χ3v) is 2.70. The van der Waals surface area contributed by atoms with Gasteiger partial charge >= 0.3 is 12.1 Å². The summed E-state index contributed by atoms with van der Waals surface area (Å²) in [5, 5.41) is 4.16. The van der Waals surface area contributed by atoms with Crippen molar-refractivity contribution in [3.63, 3.8) is 0 Å². The number of ether oxygens (including phenoxy) is 2. The van der Waals surface area contributed by atoms with Gasteiger partial charge in [-0.25, -0.2) is 9.59 Å². The molecule has 0 aromatic carbocycles. The molecule has 0 spiro atoms. The van der Waals surface area contributed by atoms with Crippen LogP contribution in [0.15, 0.2) is 22.6 Å². The van der Waals surface area contributed by atoms with Crippen molar-refractivity contribution in [3.8, 4) is 11.5 Å². The van der Waals surface area contributed by atoms with Crippen LogP contribution >= 0.6 is 0 Å². The maximum absolute atomic E-state index is 12.1. The third kappa shape index (κ3) is 3.36. The Labute approximate surface area is 127 Å². The predicted octanol–water partition coefficient (Wildman–Crippen LogP) is 3.02. The minimum absolute atomic E-state index is 0.0713. The summed E-state index contributed by atoms with van der Waals surface area (Å²) < 4.78 is 16.4. The summed E-state index contributed by atoms with van der Waals surface area (Å²) in [4.78, 5) is 23.4. The molecule has 22 heavy (non-hydrogen) atoms. The van der Waals surface area contributed by atoms with Crippen molar-refractivity contribution in [2.45, 2.75) is 33.3 Å². The van der Waals surface area contributed by atoms with E-state index in [0.717, 1.165) is 4.68 Å². The molecule has 2 heterocycles. The number of aromatic nitrogens is 2. The normalized spacial score (nSPS) is 11.3. The minimum Gasteiger partial charge on any atom is -0.463 e. The van der Waals surface area contributed by atoms with E-state index < -0.39 is 17.7 Å². The van der Waals surface area contributed by atoms with Crippen molar-refractivity contribution in [2.24, 2.45) is 0 Å². The second-order valence-electron chi connectivity index (χ2n) is 5.72. The first-order chi connectivity index (χ1) is 10.2. The maximum Gasteiger partial charge on any atom is 0.435 e. The van der Waals surface area contributed by atoms with E-state index in [9.17, 15) is 9.59 Å². The lowest BCUT2D eigenvalue weighted by Gasteiger charge is -2.19. The van der Waals surface area contributed by atoms with Crippen LogP contribution in [0.2, 0.25) is 0 Å². The molecule has 0 atom stereocenters. The standard InChI is InChI=1S/C15H18N2O5/c1-9-8-10(11-6-7-12(21-11)13(18)20-5)16-17(9)14(19)22-15(2,3)4/h6-8H,1-5H3. The Morgan fingerprint density at radius 3 is 2.55 bits per heavy atom. The van der Waals surface area contributed by atoms with Crippen molar-refractivity contribution in [2.75, 3.05) is 7.11 Å². The highest BCUT2D eigenvalue weighted by molar-refractivity contribution is 5.86. The number of esters is 1. The van der Waals surface area contributed by atoms with Crippen LogP contribution < -0.4 is 0 Å². The first-order valence-corrected chi connectivity index (χ1v) is 6.70. The van der Waals surface area contributed by atoms with Crippen LogP contribution in [0.4, 0.5) is 4.79 Å². The van der Waals surface area contributed by atoms with Crippen LogP contribution in [-0.4, -0.2) is 34.6 Å². The Bertz CT molecular complexity index is 706. The largest absolute Gasteiger partial charge is 0.463 e. The monoisotopic (exact) mass is 306 g/mol.